The molecule has 0 bridgehead atoms. The smallest absolute Gasteiger partial charge is 0.109 e. The van der Waals surface area contributed by atoms with Crippen LogP contribution in [-0.2, 0) is 0 Å². The summed E-state index contributed by atoms with van der Waals surface area (Å²) in [6.45, 7) is 7.28. The van der Waals surface area contributed by atoms with E-state index in [4.69, 9.17) is 23.2 Å². The molecule has 1 rings (SSSR count). The summed E-state index contributed by atoms with van der Waals surface area (Å²) in [5.41, 5.74) is 0. The number of halogens is 2. The highest BCUT2D eigenvalue weighted by Crippen LogP contribution is 2.47. The third-order valence-electron chi connectivity index (χ3n) is 1.14. The van der Waals surface area contributed by atoms with Gasteiger partial charge in [-0.15, -0.1) is 11.3 Å². The summed E-state index contributed by atoms with van der Waals surface area (Å²) in [5, 5.41) is 3.47. The minimum absolute atomic E-state index is 0.708. The molecule has 1 heterocycles. The summed E-state index contributed by atoms with van der Waals surface area (Å²) in [5.74, 6) is 0. The van der Waals surface area contributed by atoms with Crippen LogP contribution in [0.2, 0.25) is 8.67 Å². The van der Waals surface area contributed by atoms with Crippen molar-refractivity contribution >= 4 is 58.1 Å². The van der Waals surface area contributed by atoms with Gasteiger partial charge in [-0.25, -0.2) is 0 Å². The summed E-state index contributed by atoms with van der Waals surface area (Å²) in [7, 11) is 0. The fraction of sp³-hybridized carbons (Fsp3) is 0. The summed E-state index contributed by atoms with van der Waals surface area (Å²) in [6.07, 6.45) is 0. The first-order chi connectivity index (χ1) is 6.20. The van der Waals surface area contributed by atoms with E-state index in [0.717, 1.165) is 9.79 Å². The summed E-state index contributed by atoms with van der Waals surface area (Å²) in [4.78, 5) is 1.94. The highest BCUT2D eigenvalue weighted by molar-refractivity contribution is 8.05. The van der Waals surface area contributed by atoms with Crippen LogP contribution in [0.3, 0.4) is 0 Å². The predicted molar refractivity (Wildman–Crippen MR) is 66.4 cm³/mol. The van der Waals surface area contributed by atoms with Gasteiger partial charge in [0.1, 0.15) is 8.67 Å². The Bertz CT molecular complexity index is 300. The van der Waals surface area contributed by atoms with Crippen LogP contribution in [0.5, 0.6) is 0 Å². The molecule has 5 heteroatoms. The van der Waals surface area contributed by atoms with Gasteiger partial charge in [0.2, 0.25) is 0 Å². The van der Waals surface area contributed by atoms with Crippen molar-refractivity contribution in [3.05, 3.63) is 32.6 Å². The van der Waals surface area contributed by atoms with Crippen molar-refractivity contribution in [1.82, 2.24) is 0 Å². The van der Waals surface area contributed by atoms with Crippen LogP contribution in [0.15, 0.2) is 33.8 Å². The maximum atomic E-state index is 5.98. The molecule has 1 aromatic rings. The largest absolute Gasteiger partial charge is 0.109 e. The Morgan fingerprint density at radius 2 is 1.38 bits per heavy atom. The molecule has 70 valence electrons. The fourth-order valence-electron chi connectivity index (χ4n) is 0.716. The molecule has 13 heavy (non-hydrogen) atoms. The molecule has 0 atom stereocenters. The predicted octanol–water partition coefficient (Wildman–Crippen LogP) is 5.53. The van der Waals surface area contributed by atoms with E-state index >= 15 is 0 Å². The second-order valence-corrected chi connectivity index (χ2v) is 6.06. The first-order valence-corrected chi connectivity index (χ1v) is 6.56. The lowest BCUT2D eigenvalue weighted by molar-refractivity contribution is 1.35. The number of hydrogen-bond acceptors (Lipinski definition) is 3. The van der Waals surface area contributed by atoms with Crippen LogP contribution in [0.25, 0.3) is 0 Å². The molecule has 0 N–H and O–H groups in total. The molecule has 0 unspecified atom stereocenters. The van der Waals surface area contributed by atoms with Gasteiger partial charge in [-0.3, -0.25) is 0 Å². The number of hydrogen-bond donors (Lipinski definition) is 0. The van der Waals surface area contributed by atoms with Gasteiger partial charge < -0.3 is 0 Å². The van der Waals surface area contributed by atoms with Crippen LogP contribution >= 0.6 is 58.1 Å². The van der Waals surface area contributed by atoms with E-state index in [-0.39, 0.29) is 0 Å². The average molecular weight is 269 g/mol. The Balaban J connectivity index is 3.11. The zero-order valence-electron chi connectivity index (χ0n) is 6.55. The third kappa shape index (κ3) is 2.70. The van der Waals surface area contributed by atoms with Crippen LogP contribution in [0.1, 0.15) is 0 Å². The van der Waals surface area contributed by atoms with Crippen molar-refractivity contribution < 1.29 is 0 Å². The number of thiophene rings is 1. The lowest BCUT2D eigenvalue weighted by Gasteiger charge is -1.97. The maximum Gasteiger partial charge on any atom is 0.109 e. The monoisotopic (exact) mass is 268 g/mol. The topological polar surface area (TPSA) is 0 Å². The molecule has 0 aliphatic carbocycles. The van der Waals surface area contributed by atoms with E-state index in [1.165, 1.54) is 34.9 Å². The quantitative estimate of drug-likeness (QED) is 0.659. The van der Waals surface area contributed by atoms with Crippen molar-refractivity contribution in [2.75, 3.05) is 0 Å². The average Bonchev–Trinajstić information content (AvgIpc) is 2.33. The van der Waals surface area contributed by atoms with Crippen LogP contribution in [-0.4, -0.2) is 0 Å². The van der Waals surface area contributed by atoms with E-state index in [2.05, 4.69) is 13.2 Å². The molecule has 1 aromatic heterocycles. The molecule has 0 radical (unpaired) electrons. The van der Waals surface area contributed by atoms with Crippen molar-refractivity contribution in [1.29, 1.82) is 0 Å². The molecular formula is C8H6Cl2S3. The maximum absolute atomic E-state index is 5.98. The first-order valence-electron chi connectivity index (χ1n) is 3.23. The Hall–Kier alpha value is 0.460. The number of thioether (sulfide) groups is 2. The normalized spacial score (nSPS) is 10.0. The number of rotatable bonds is 4. The molecule has 0 aliphatic heterocycles. The lowest BCUT2D eigenvalue weighted by Crippen LogP contribution is -1.67. The molecular weight excluding hydrogens is 263 g/mol. The zero-order valence-corrected chi connectivity index (χ0v) is 10.5. The summed E-state index contributed by atoms with van der Waals surface area (Å²) >= 11 is 16.3. The molecule has 0 saturated heterocycles. The van der Waals surface area contributed by atoms with Gasteiger partial charge in [-0.1, -0.05) is 59.9 Å². The molecule has 0 amide bonds. The van der Waals surface area contributed by atoms with E-state index in [9.17, 15) is 0 Å². The van der Waals surface area contributed by atoms with Crippen molar-refractivity contribution in [2.45, 2.75) is 9.79 Å². The molecule has 0 aliphatic rings. The Kier molecular flexibility index (Phi) is 4.76. The van der Waals surface area contributed by atoms with Gasteiger partial charge in [0.25, 0.3) is 0 Å². The van der Waals surface area contributed by atoms with Crippen LogP contribution < -0.4 is 0 Å². The fourth-order valence-corrected chi connectivity index (χ4v) is 4.31. The van der Waals surface area contributed by atoms with E-state index < -0.39 is 0 Å². The lowest BCUT2D eigenvalue weighted by atomic mass is 10.6. The van der Waals surface area contributed by atoms with Crippen molar-refractivity contribution in [3.63, 3.8) is 0 Å². The molecule has 0 spiro atoms. The van der Waals surface area contributed by atoms with Crippen LogP contribution in [0, 0.1) is 0 Å². The van der Waals surface area contributed by atoms with Gasteiger partial charge in [-0.05, 0) is 10.8 Å². The van der Waals surface area contributed by atoms with Gasteiger partial charge in [0, 0.05) is 0 Å². The second-order valence-electron chi connectivity index (χ2n) is 1.88. The van der Waals surface area contributed by atoms with Crippen molar-refractivity contribution in [2.24, 2.45) is 0 Å². The van der Waals surface area contributed by atoms with Crippen LogP contribution in [0.4, 0.5) is 0 Å². The Morgan fingerprint density at radius 1 is 1.00 bits per heavy atom. The Labute approximate surface area is 100 Å². The van der Waals surface area contributed by atoms with Gasteiger partial charge in [0.15, 0.2) is 0 Å². The highest BCUT2D eigenvalue weighted by atomic mass is 35.5. The zero-order chi connectivity index (χ0) is 9.84. The van der Waals surface area contributed by atoms with E-state index in [1.54, 1.807) is 10.8 Å². The summed E-state index contributed by atoms with van der Waals surface area (Å²) in [6, 6.07) is 0. The highest BCUT2D eigenvalue weighted by Gasteiger charge is 2.14. The summed E-state index contributed by atoms with van der Waals surface area (Å²) < 4.78 is 1.42. The van der Waals surface area contributed by atoms with E-state index in [1.807, 2.05) is 0 Å². The molecule has 0 nitrogen and oxygen atoms in total. The first kappa shape index (κ1) is 11.5. The van der Waals surface area contributed by atoms with Gasteiger partial charge in [-0.2, -0.15) is 0 Å². The van der Waals surface area contributed by atoms with Gasteiger partial charge >= 0.3 is 0 Å². The minimum atomic E-state index is 0.708. The van der Waals surface area contributed by atoms with Crippen molar-refractivity contribution in [3.8, 4) is 0 Å². The van der Waals surface area contributed by atoms with E-state index in [0.29, 0.717) is 8.67 Å². The van der Waals surface area contributed by atoms with Gasteiger partial charge in [0.05, 0.1) is 9.79 Å². The Morgan fingerprint density at radius 3 is 1.69 bits per heavy atom. The third-order valence-corrected chi connectivity index (χ3v) is 4.99. The second kappa shape index (κ2) is 5.37. The molecule has 0 fully saturated rings. The molecule has 0 aromatic carbocycles. The minimum Gasteiger partial charge on any atom is -0.109 e. The standard InChI is InChI=1S/C8H6Cl2S3/c1-3-11-5-6(12-4-2)8(10)13-7(5)9/h3-4H,1-2H2. The SMILES string of the molecule is C=CSc1c(Cl)sc(Cl)c1SC=C. The molecule has 0 saturated carbocycles.